The summed E-state index contributed by atoms with van der Waals surface area (Å²) in [6.07, 6.45) is 16.5. The number of carbonyl (C=O) groups excluding carboxylic acids is 2. The maximum atomic E-state index is 12.5. The number of quaternary nitrogens is 4. The molecule has 280 valence electrons. The van der Waals surface area contributed by atoms with Crippen molar-refractivity contribution in [1.82, 2.24) is 4.90 Å². The molecule has 0 aliphatic heterocycles. The standard InChI is InChI=1S/C38H83N5O4/c1-39(2)27-19-13-12-14-23-31-43(11,32-24-18-16-21-29-41(6,7)8)34-36-47-38(45)26-25-37(44)46-35-33-42(9,10)30-22-17-15-20-28-40(3,4)5/h12-36H2,1-11H3/q+4. The molecule has 0 aromatic heterocycles. The Morgan fingerprint density at radius 2 is 0.809 bits per heavy atom. The van der Waals surface area contributed by atoms with Crippen molar-refractivity contribution in [2.24, 2.45) is 0 Å². The van der Waals surface area contributed by atoms with Crippen LogP contribution in [0.4, 0.5) is 0 Å². The van der Waals surface area contributed by atoms with E-state index in [9.17, 15) is 9.59 Å². The number of hydrogen-bond donors (Lipinski definition) is 0. The van der Waals surface area contributed by atoms with E-state index in [1.165, 1.54) is 103 Å². The molecular weight excluding hydrogens is 590 g/mol. The lowest BCUT2D eigenvalue weighted by molar-refractivity contribution is -0.910. The third-order valence-corrected chi connectivity index (χ3v) is 9.31. The van der Waals surface area contributed by atoms with Gasteiger partial charge in [-0.3, -0.25) is 9.59 Å². The highest BCUT2D eigenvalue weighted by Gasteiger charge is 2.22. The molecule has 47 heavy (non-hydrogen) atoms. The minimum Gasteiger partial charge on any atom is -0.460 e. The molecule has 0 amide bonds. The van der Waals surface area contributed by atoms with Gasteiger partial charge in [-0.05, 0) is 91.3 Å². The van der Waals surface area contributed by atoms with E-state index in [4.69, 9.17) is 9.47 Å². The lowest BCUT2D eigenvalue weighted by Crippen LogP contribution is -2.48. The summed E-state index contributed by atoms with van der Waals surface area (Å²) in [7, 11) is 24.5. The van der Waals surface area contributed by atoms with Crippen LogP contribution in [-0.4, -0.2) is 178 Å². The molecule has 0 aliphatic rings. The van der Waals surface area contributed by atoms with Gasteiger partial charge in [-0.1, -0.05) is 12.8 Å². The Hall–Kier alpha value is -1.26. The normalized spacial score (nSPS) is 14.0. The molecule has 0 aromatic rings. The lowest BCUT2D eigenvalue weighted by Gasteiger charge is -2.34. The van der Waals surface area contributed by atoms with Crippen LogP contribution in [0, 0.1) is 0 Å². The van der Waals surface area contributed by atoms with Crippen molar-refractivity contribution < 1.29 is 37.0 Å². The molecule has 1 atom stereocenters. The zero-order valence-corrected chi connectivity index (χ0v) is 33.5. The fourth-order valence-electron chi connectivity index (χ4n) is 5.95. The van der Waals surface area contributed by atoms with Crippen molar-refractivity contribution in [3.8, 4) is 0 Å². The van der Waals surface area contributed by atoms with E-state index in [-0.39, 0.29) is 24.8 Å². The van der Waals surface area contributed by atoms with Gasteiger partial charge < -0.3 is 32.3 Å². The first-order valence-corrected chi connectivity index (χ1v) is 19.1. The molecule has 0 heterocycles. The molecule has 0 spiro atoms. The van der Waals surface area contributed by atoms with E-state index in [0.717, 1.165) is 50.7 Å². The number of esters is 2. The second-order valence-corrected chi connectivity index (χ2v) is 17.5. The topological polar surface area (TPSA) is 55.8 Å². The summed E-state index contributed by atoms with van der Waals surface area (Å²) in [6.45, 7) is 9.37. The van der Waals surface area contributed by atoms with Crippen LogP contribution < -0.4 is 0 Å². The molecule has 0 saturated carbocycles. The van der Waals surface area contributed by atoms with Crippen LogP contribution in [0.15, 0.2) is 0 Å². The highest BCUT2D eigenvalue weighted by Crippen LogP contribution is 2.14. The Morgan fingerprint density at radius 3 is 1.23 bits per heavy atom. The average Bonchev–Trinajstić information content (AvgIpc) is 2.94. The maximum absolute atomic E-state index is 12.5. The number of rotatable bonds is 31. The quantitative estimate of drug-likeness (QED) is 0.0559. The van der Waals surface area contributed by atoms with Crippen molar-refractivity contribution in [3.63, 3.8) is 0 Å². The molecule has 1 unspecified atom stereocenters. The van der Waals surface area contributed by atoms with Crippen LogP contribution >= 0.6 is 0 Å². The SMILES string of the molecule is CN(C)CCCCCCC[N+](C)(CCCCCC[N+](C)(C)C)CCOC(=O)CCC(=O)OCC[N+](C)(C)CCCCCC[N+](C)(C)C. The summed E-state index contributed by atoms with van der Waals surface area (Å²) in [4.78, 5) is 27.1. The van der Waals surface area contributed by atoms with Crippen molar-refractivity contribution in [2.75, 3.05) is 143 Å². The summed E-state index contributed by atoms with van der Waals surface area (Å²) in [5.41, 5.74) is 0. The highest BCUT2D eigenvalue weighted by molar-refractivity contribution is 5.77. The number of unbranched alkanes of at least 4 members (excludes halogenated alkanes) is 10. The summed E-state index contributed by atoms with van der Waals surface area (Å²) >= 11 is 0. The van der Waals surface area contributed by atoms with Gasteiger partial charge in [0.25, 0.3) is 0 Å². The van der Waals surface area contributed by atoms with Gasteiger partial charge in [-0.25, -0.2) is 0 Å². The first kappa shape index (κ1) is 45.7. The van der Waals surface area contributed by atoms with Gasteiger partial charge in [0, 0.05) is 0 Å². The fourth-order valence-corrected chi connectivity index (χ4v) is 5.95. The maximum Gasteiger partial charge on any atom is 0.306 e. The molecule has 0 bridgehead atoms. The number of nitrogens with zero attached hydrogens (tertiary/aromatic N) is 5. The van der Waals surface area contributed by atoms with Crippen LogP contribution in [0.25, 0.3) is 0 Å². The van der Waals surface area contributed by atoms with Crippen molar-refractivity contribution in [3.05, 3.63) is 0 Å². The number of ether oxygens (including phenoxy) is 2. The zero-order chi connectivity index (χ0) is 35.8. The third-order valence-electron chi connectivity index (χ3n) is 9.31. The van der Waals surface area contributed by atoms with Crippen molar-refractivity contribution in [2.45, 2.75) is 96.3 Å². The minimum absolute atomic E-state index is 0.0891. The summed E-state index contributed by atoms with van der Waals surface area (Å²) in [6, 6.07) is 0. The van der Waals surface area contributed by atoms with E-state index >= 15 is 0 Å². The average molecular weight is 674 g/mol. The molecule has 0 aromatic carbocycles. The predicted molar refractivity (Wildman–Crippen MR) is 198 cm³/mol. The first-order valence-electron chi connectivity index (χ1n) is 19.1. The summed E-state index contributed by atoms with van der Waals surface area (Å²) in [5.74, 6) is -0.602. The van der Waals surface area contributed by atoms with E-state index in [1.807, 2.05) is 0 Å². The van der Waals surface area contributed by atoms with Gasteiger partial charge in [0.2, 0.25) is 0 Å². The predicted octanol–water partition coefficient (Wildman–Crippen LogP) is 5.42. The highest BCUT2D eigenvalue weighted by atomic mass is 16.5. The Balaban J connectivity index is 4.39. The van der Waals surface area contributed by atoms with Gasteiger partial charge in [0.1, 0.15) is 26.3 Å². The van der Waals surface area contributed by atoms with Gasteiger partial charge >= 0.3 is 11.9 Å². The molecule has 0 aliphatic carbocycles. The Labute approximate surface area is 292 Å². The van der Waals surface area contributed by atoms with Crippen LogP contribution in [-0.2, 0) is 19.1 Å². The van der Waals surface area contributed by atoms with E-state index in [0.29, 0.717) is 13.2 Å². The molecule has 0 rings (SSSR count). The molecule has 0 radical (unpaired) electrons. The molecule has 0 saturated heterocycles. The minimum atomic E-state index is -0.307. The second kappa shape index (κ2) is 24.8. The molecule has 0 fully saturated rings. The molecule has 0 N–H and O–H groups in total. The van der Waals surface area contributed by atoms with Gasteiger partial charge in [0.15, 0.2) is 0 Å². The van der Waals surface area contributed by atoms with Gasteiger partial charge in [-0.15, -0.1) is 0 Å². The Kier molecular flexibility index (Phi) is 24.1. The molecule has 9 nitrogen and oxygen atoms in total. The largest absolute Gasteiger partial charge is 0.460 e. The van der Waals surface area contributed by atoms with Gasteiger partial charge in [-0.2, -0.15) is 0 Å². The number of likely N-dealkylation sites (N-methyl/N-ethyl adjacent to an activating group) is 2. The lowest BCUT2D eigenvalue weighted by atomic mass is 10.1. The summed E-state index contributed by atoms with van der Waals surface area (Å²) in [5, 5.41) is 0. The van der Waals surface area contributed by atoms with E-state index in [2.05, 4.69) is 82.4 Å². The molecule has 9 heteroatoms. The van der Waals surface area contributed by atoms with Crippen LogP contribution in [0.2, 0.25) is 0 Å². The van der Waals surface area contributed by atoms with Crippen LogP contribution in [0.3, 0.4) is 0 Å². The fraction of sp³-hybridized carbons (Fsp3) is 0.947. The van der Waals surface area contributed by atoms with Crippen molar-refractivity contribution in [1.29, 1.82) is 0 Å². The Morgan fingerprint density at radius 1 is 0.447 bits per heavy atom. The Bertz CT molecular complexity index is 807. The van der Waals surface area contributed by atoms with Crippen LogP contribution in [0.1, 0.15) is 96.3 Å². The first-order chi connectivity index (χ1) is 21.8. The zero-order valence-electron chi connectivity index (χ0n) is 33.5. The van der Waals surface area contributed by atoms with Gasteiger partial charge in [0.05, 0.1) is 109 Å². The third kappa shape index (κ3) is 31.7. The second-order valence-electron chi connectivity index (χ2n) is 17.5. The molecular formula is C38H83N5O4+4. The number of carbonyl (C=O) groups is 2. The smallest absolute Gasteiger partial charge is 0.306 e. The monoisotopic (exact) mass is 674 g/mol. The van der Waals surface area contributed by atoms with E-state index < -0.39 is 0 Å². The van der Waals surface area contributed by atoms with Crippen LogP contribution in [0.5, 0.6) is 0 Å². The number of hydrogen-bond acceptors (Lipinski definition) is 5. The van der Waals surface area contributed by atoms with Crippen molar-refractivity contribution >= 4 is 11.9 Å². The summed E-state index contributed by atoms with van der Waals surface area (Å²) < 4.78 is 15.0. The van der Waals surface area contributed by atoms with E-state index in [1.54, 1.807) is 0 Å².